The summed E-state index contributed by atoms with van der Waals surface area (Å²) in [6.45, 7) is 2.94. The van der Waals surface area contributed by atoms with Crippen LogP contribution in [0.1, 0.15) is 43.3 Å². The van der Waals surface area contributed by atoms with Gasteiger partial charge in [-0.15, -0.1) is 13.2 Å². The number of amides is 1. The van der Waals surface area contributed by atoms with Gasteiger partial charge in [-0.3, -0.25) is 13.7 Å². The number of rotatable bonds is 6. The van der Waals surface area contributed by atoms with E-state index in [0.29, 0.717) is 33.2 Å². The second-order valence-electron chi connectivity index (χ2n) is 10.2. The summed E-state index contributed by atoms with van der Waals surface area (Å²) in [5.41, 5.74) is 1.15. The quantitative estimate of drug-likeness (QED) is 0.282. The zero-order chi connectivity index (χ0) is 34.1. The number of ether oxygens (including phenoxy) is 1. The minimum atomic E-state index is -4.70. The molecule has 2 atom stereocenters. The van der Waals surface area contributed by atoms with Crippen LogP contribution in [0, 0.1) is 0 Å². The van der Waals surface area contributed by atoms with Gasteiger partial charge in [0, 0.05) is 40.8 Å². The topological polar surface area (TPSA) is 126 Å². The van der Waals surface area contributed by atoms with Gasteiger partial charge in [-0.2, -0.15) is 9.78 Å². The molecule has 5 aromatic heterocycles. The minimum absolute atomic E-state index is 0.00924. The molecule has 5 heterocycles. The van der Waals surface area contributed by atoms with E-state index in [1.54, 1.807) is 25.3 Å². The van der Waals surface area contributed by atoms with Gasteiger partial charge in [0.05, 0.1) is 43.8 Å². The molecular weight excluding hydrogens is 567 g/mol. The number of anilines is 2. The number of alkyl halides is 3. The Morgan fingerprint density at radius 1 is 1.23 bits per heavy atom. The van der Waals surface area contributed by atoms with Crippen LogP contribution in [0.2, 0.25) is 0 Å². The number of hydrogen-bond donors (Lipinski definition) is 2. The number of nitrogens with zero attached hydrogens (tertiary/aromatic N) is 7. The van der Waals surface area contributed by atoms with Crippen molar-refractivity contribution in [2.75, 3.05) is 12.4 Å². The van der Waals surface area contributed by atoms with E-state index in [1.807, 2.05) is 0 Å². The van der Waals surface area contributed by atoms with E-state index in [-0.39, 0.29) is 45.9 Å². The molecule has 12 nitrogen and oxygen atoms in total. The summed E-state index contributed by atoms with van der Waals surface area (Å²) in [5.74, 6) is 0.419. The fourth-order valence-electron chi connectivity index (χ4n) is 5.34. The molecule has 1 amide bonds. The number of carbonyl (C=O) groups is 1. The molecule has 1 unspecified atom stereocenters. The Labute approximate surface area is 248 Å². The number of halogens is 3. The fraction of sp³-hybridized carbons (Fsp3) is 0.321. The van der Waals surface area contributed by atoms with Crippen LogP contribution >= 0.6 is 0 Å². The van der Waals surface area contributed by atoms with Gasteiger partial charge in [-0.25, -0.2) is 19.6 Å². The summed E-state index contributed by atoms with van der Waals surface area (Å²) in [7, 11) is 1.17. The molecule has 1 saturated carbocycles. The molecule has 2 N–H and O–H groups in total. The second-order valence-corrected chi connectivity index (χ2v) is 10.2. The van der Waals surface area contributed by atoms with Crippen molar-refractivity contribution in [3.05, 3.63) is 65.6 Å². The number of pyridine rings is 2. The van der Waals surface area contributed by atoms with E-state index >= 15 is 0 Å². The average Bonchev–Trinajstić information content (AvgIpc) is 3.75. The maximum absolute atomic E-state index is 13.6. The number of nitrogens with one attached hydrogen (secondary N) is 2. The molecular formula is C28H28F3N9O3. The molecule has 6 rings (SSSR count). The third kappa shape index (κ3) is 5.00. The number of imidazole rings is 1. The average molecular weight is 600 g/mol. The predicted octanol–water partition coefficient (Wildman–Crippen LogP) is 4.97. The van der Waals surface area contributed by atoms with Gasteiger partial charge < -0.3 is 15.4 Å². The molecule has 224 valence electrons. The van der Waals surface area contributed by atoms with Gasteiger partial charge in [-0.1, -0.05) is 12.2 Å². The monoisotopic (exact) mass is 599 g/mol. The predicted molar refractivity (Wildman–Crippen MR) is 153 cm³/mol. The van der Waals surface area contributed by atoms with E-state index in [1.165, 1.54) is 28.5 Å². The number of fused-ring (bicyclic) bond motifs is 2. The van der Waals surface area contributed by atoms with E-state index < -0.39 is 37.1 Å². The first-order valence-electron chi connectivity index (χ1n) is 15.1. The van der Waals surface area contributed by atoms with Crippen LogP contribution in [0.3, 0.4) is 0 Å². The fourth-order valence-corrected chi connectivity index (χ4v) is 5.34. The highest BCUT2D eigenvalue weighted by Gasteiger charge is 2.32. The molecule has 15 heteroatoms. The highest BCUT2D eigenvalue weighted by atomic mass is 19.4. The van der Waals surface area contributed by atoms with Crippen LogP contribution in [0.15, 0.2) is 54.4 Å². The lowest BCUT2D eigenvalue weighted by atomic mass is 10.1. The number of carbonyl (C=O) groups excluding carboxylic acids is 1. The van der Waals surface area contributed by atoms with Gasteiger partial charge in [0.2, 0.25) is 0 Å². The molecule has 0 aliphatic heterocycles. The van der Waals surface area contributed by atoms with Gasteiger partial charge in [0.15, 0.2) is 0 Å². The van der Waals surface area contributed by atoms with Crippen molar-refractivity contribution >= 4 is 45.4 Å². The summed E-state index contributed by atoms with van der Waals surface area (Å²) in [6.07, 6.45) is -0.310. The lowest BCUT2D eigenvalue weighted by molar-refractivity contribution is -0.212. The zero-order valence-corrected chi connectivity index (χ0v) is 22.9. The molecule has 43 heavy (non-hydrogen) atoms. The van der Waals surface area contributed by atoms with E-state index in [0.717, 1.165) is 12.4 Å². The lowest BCUT2D eigenvalue weighted by Crippen LogP contribution is -2.33. The van der Waals surface area contributed by atoms with E-state index in [4.69, 9.17) is 5.48 Å². The van der Waals surface area contributed by atoms with Gasteiger partial charge in [0.25, 0.3) is 0 Å². The molecule has 0 bridgehead atoms. The van der Waals surface area contributed by atoms with Crippen LogP contribution < -0.4 is 16.3 Å². The summed E-state index contributed by atoms with van der Waals surface area (Å²) in [5, 5.41) is 9.57. The molecule has 1 aliphatic rings. The van der Waals surface area contributed by atoms with Crippen LogP contribution in [0.25, 0.3) is 33.3 Å². The lowest BCUT2D eigenvalue weighted by Gasteiger charge is -2.14. The zero-order valence-electron chi connectivity index (χ0n) is 26.9. The first-order chi connectivity index (χ1) is 22.0. The number of alkyl carbamates (subject to hydrolysis) is 1. The first-order valence-corrected chi connectivity index (χ1v) is 13.1. The van der Waals surface area contributed by atoms with Crippen molar-refractivity contribution in [1.29, 1.82) is 0 Å². The highest BCUT2D eigenvalue weighted by Crippen LogP contribution is 2.34. The third-order valence-electron chi connectivity index (χ3n) is 7.33. The smallest absolute Gasteiger partial charge is 0.453 e. The van der Waals surface area contributed by atoms with E-state index in [9.17, 15) is 22.8 Å². The summed E-state index contributed by atoms with van der Waals surface area (Å²) in [6, 6.07) is 2.79. The summed E-state index contributed by atoms with van der Waals surface area (Å²) < 4.78 is 80.3. The Morgan fingerprint density at radius 3 is 2.74 bits per heavy atom. The highest BCUT2D eigenvalue weighted by molar-refractivity contribution is 5.92. The van der Waals surface area contributed by atoms with Crippen molar-refractivity contribution in [2.24, 2.45) is 6.98 Å². The minimum Gasteiger partial charge on any atom is -0.453 e. The van der Waals surface area contributed by atoms with Crippen molar-refractivity contribution < 1.29 is 28.2 Å². The Bertz CT molecular complexity index is 2110. The molecule has 1 fully saturated rings. The first kappa shape index (κ1) is 23.5. The summed E-state index contributed by atoms with van der Waals surface area (Å²) >= 11 is 0. The number of aromatic nitrogens is 7. The van der Waals surface area contributed by atoms with Crippen molar-refractivity contribution in [1.82, 2.24) is 38.8 Å². The molecule has 0 saturated heterocycles. The van der Waals surface area contributed by atoms with Crippen molar-refractivity contribution in [3.63, 3.8) is 0 Å². The van der Waals surface area contributed by atoms with Crippen molar-refractivity contribution in [2.45, 2.75) is 44.5 Å². The standard InChI is InChI=1S/C28H28F3N9O3/c1-15(2)20-10-24(36-25-19(20)7-8-38(25)18-12-33-39(14-18)28(29,30)31)35-23-11-21-22(13-32-23)37(3)27(42)40(21)17-6-5-16(9-17)34-26(41)43-4/h7-8,10-14,16-17H,1,5-6,9H2,2-4H3,(H,34,41)(H,32,35,36)/t16?,17-/m1/s1/i3D3,16D. The number of hydrogen-bond acceptors (Lipinski definition) is 7. The Kier molecular flexibility index (Phi) is 5.64. The number of allylic oxidation sites excluding steroid dienone is 1. The second kappa shape index (κ2) is 10.3. The van der Waals surface area contributed by atoms with Crippen LogP contribution in [-0.4, -0.2) is 52.7 Å². The molecule has 0 radical (unpaired) electrons. The summed E-state index contributed by atoms with van der Waals surface area (Å²) in [4.78, 5) is 34.4. The van der Waals surface area contributed by atoms with Crippen LogP contribution in [0.4, 0.5) is 29.6 Å². The SMILES string of the molecule is [2H]C1(NC(=O)OC)CC[C@@H](n2c(=O)n(C([2H])([2H])[2H])c3cnc(Nc4cc(C(=C)C)c5ccn(-c6cnn(C(F)(F)F)c6)c5n4)cc32)C1. The molecule has 5 aromatic rings. The van der Waals surface area contributed by atoms with Crippen LogP contribution in [-0.2, 0) is 18.0 Å². The molecule has 0 aromatic carbocycles. The van der Waals surface area contributed by atoms with Crippen LogP contribution in [0.5, 0.6) is 0 Å². The Balaban J connectivity index is 1.43. The van der Waals surface area contributed by atoms with Gasteiger partial charge in [-0.05, 0) is 43.9 Å². The maximum atomic E-state index is 13.6. The maximum Gasteiger partial charge on any atom is 0.504 e. The van der Waals surface area contributed by atoms with Gasteiger partial charge >= 0.3 is 18.1 Å². The van der Waals surface area contributed by atoms with Gasteiger partial charge in [0.1, 0.15) is 17.3 Å². The third-order valence-corrected chi connectivity index (χ3v) is 7.33. The molecule has 1 aliphatic carbocycles. The number of methoxy groups -OCH3 is 1. The molecule has 0 spiro atoms. The number of aryl methyl sites for hydroxylation is 1. The Hall–Kier alpha value is -5.08. The largest absolute Gasteiger partial charge is 0.504 e. The normalized spacial score (nSPS) is 20.4. The van der Waals surface area contributed by atoms with Crippen molar-refractivity contribution in [3.8, 4) is 5.69 Å². The Morgan fingerprint density at radius 2 is 2.05 bits per heavy atom. The van der Waals surface area contributed by atoms with E-state index in [2.05, 4.69) is 37.0 Å².